The molecule has 0 atom stereocenters. The summed E-state index contributed by atoms with van der Waals surface area (Å²) in [6, 6.07) is 15.8. The van der Waals surface area contributed by atoms with Crippen molar-refractivity contribution < 1.29 is 14.0 Å². The van der Waals surface area contributed by atoms with Gasteiger partial charge in [-0.3, -0.25) is 9.59 Å². The van der Waals surface area contributed by atoms with Gasteiger partial charge in [-0.1, -0.05) is 12.1 Å². The summed E-state index contributed by atoms with van der Waals surface area (Å²) in [6.07, 6.45) is 0. The quantitative estimate of drug-likeness (QED) is 0.642. The van der Waals surface area contributed by atoms with Crippen molar-refractivity contribution >= 4 is 34.7 Å². The maximum absolute atomic E-state index is 13.2. The second kappa shape index (κ2) is 8.05. The van der Waals surface area contributed by atoms with Gasteiger partial charge in [0.2, 0.25) is 5.91 Å². The summed E-state index contributed by atoms with van der Waals surface area (Å²) < 4.78 is 13.2. The van der Waals surface area contributed by atoms with E-state index in [1.54, 1.807) is 36.4 Å². The average Bonchev–Trinajstić information content (AvgIpc) is 2.62. The average molecular weight is 365 g/mol. The first-order chi connectivity index (χ1) is 13.0. The highest BCUT2D eigenvalue weighted by Crippen LogP contribution is 2.19. The van der Waals surface area contributed by atoms with Crippen LogP contribution >= 0.6 is 0 Å². The molecule has 0 spiro atoms. The van der Waals surface area contributed by atoms with E-state index in [9.17, 15) is 14.0 Å². The smallest absolute Gasteiger partial charge is 0.276 e. The minimum absolute atomic E-state index is 0.0943. The van der Waals surface area contributed by atoms with Crippen LogP contribution in [0.3, 0.4) is 0 Å². The molecule has 27 heavy (non-hydrogen) atoms. The van der Waals surface area contributed by atoms with E-state index in [0.717, 1.165) is 0 Å². The fraction of sp³-hybridized carbons (Fsp3) is 0.0526. The number of anilines is 4. The summed E-state index contributed by atoms with van der Waals surface area (Å²) in [5.74, 6) is -0.676. The van der Waals surface area contributed by atoms with Gasteiger partial charge in [-0.15, -0.1) is 10.2 Å². The Morgan fingerprint density at radius 2 is 1.56 bits per heavy atom. The van der Waals surface area contributed by atoms with Gasteiger partial charge in [-0.05, 0) is 48.5 Å². The molecule has 3 rings (SSSR count). The molecular weight excluding hydrogens is 349 g/mol. The van der Waals surface area contributed by atoms with Crippen LogP contribution < -0.4 is 16.0 Å². The van der Waals surface area contributed by atoms with Crippen LogP contribution in [-0.2, 0) is 4.79 Å². The first kappa shape index (κ1) is 18.0. The highest BCUT2D eigenvalue weighted by Gasteiger charge is 2.09. The van der Waals surface area contributed by atoms with Gasteiger partial charge in [0.1, 0.15) is 5.82 Å². The van der Waals surface area contributed by atoms with E-state index in [-0.39, 0.29) is 11.6 Å². The fourth-order valence-electron chi connectivity index (χ4n) is 2.31. The van der Waals surface area contributed by atoms with Crippen molar-refractivity contribution in [1.82, 2.24) is 10.2 Å². The van der Waals surface area contributed by atoms with Crippen LogP contribution in [0.2, 0.25) is 0 Å². The Labute approximate surface area is 154 Å². The molecule has 0 saturated heterocycles. The van der Waals surface area contributed by atoms with Gasteiger partial charge in [-0.25, -0.2) is 4.39 Å². The Bertz CT molecular complexity index is 976. The SMILES string of the molecule is CC(=O)Nc1cccc(Nc2ccc(C(=O)Nc3cccc(F)c3)nn2)c1. The first-order valence-electron chi connectivity index (χ1n) is 8.05. The van der Waals surface area contributed by atoms with Crippen molar-refractivity contribution in [3.63, 3.8) is 0 Å². The number of rotatable bonds is 5. The second-order valence-electron chi connectivity index (χ2n) is 5.66. The number of hydrogen-bond donors (Lipinski definition) is 3. The standard InChI is InChI=1S/C19H16FN5O2/c1-12(26)21-15-6-3-7-16(11-15)22-18-9-8-17(24-25-18)19(27)23-14-5-2-4-13(20)10-14/h2-11H,1H3,(H,21,26)(H,22,25)(H,23,27). The van der Waals surface area contributed by atoms with E-state index in [1.807, 2.05) is 0 Å². The van der Waals surface area contributed by atoms with Gasteiger partial charge in [0.25, 0.3) is 5.91 Å². The van der Waals surface area contributed by atoms with E-state index < -0.39 is 11.7 Å². The van der Waals surface area contributed by atoms with E-state index in [2.05, 4.69) is 26.1 Å². The van der Waals surface area contributed by atoms with Gasteiger partial charge >= 0.3 is 0 Å². The van der Waals surface area contributed by atoms with Gasteiger partial charge in [0.05, 0.1) is 0 Å². The van der Waals surface area contributed by atoms with Crippen molar-refractivity contribution in [1.29, 1.82) is 0 Å². The molecular formula is C19H16FN5O2. The molecule has 0 aliphatic carbocycles. The molecule has 0 radical (unpaired) electrons. The summed E-state index contributed by atoms with van der Waals surface area (Å²) in [5.41, 5.74) is 1.77. The van der Waals surface area contributed by atoms with Crippen LogP contribution in [0, 0.1) is 5.82 Å². The van der Waals surface area contributed by atoms with E-state index in [0.29, 0.717) is 22.9 Å². The van der Waals surface area contributed by atoms with E-state index >= 15 is 0 Å². The van der Waals surface area contributed by atoms with Crippen molar-refractivity contribution in [3.05, 3.63) is 72.2 Å². The number of aromatic nitrogens is 2. The molecule has 2 amide bonds. The van der Waals surface area contributed by atoms with Crippen molar-refractivity contribution in [2.24, 2.45) is 0 Å². The lowest BCUT2D eigenvalue weighted by Gasteiger charge is -2.08. The normalized spacial score (nSPS) is 10.1. The summed E-state index contributed by atoms with van der Waals surface area (Å²) in [5, 5.41) is 16.1. The molecule has 0 aliphatic heterocycles. The maximum atomic E-state index is 13.2. The van der Waals surface area contributed by atoms with E-state index in [1.165, 1.54) is 31.2 Å². The molecule has 0 bridgehead atoms. The summed E-state index contributed by atoms with van der Waals surface area (Å²) >= 11 is 0. The topological polar surface area (TPSA) is 96.0 Å². The van der Waals surface area contributed by atoms with Crippen molar-refractivity contribution in [2.45, 2.75) is 6.92 Å². The monoisotopic (exact) mass is 365 g/mol. The molecule has 3 aromatic rings. The van der Waals surface area contributed by atoms with Crippen molar-refractivity contribution in [3.8, 4) is 0 Å². The number of hydrogen-bond acceptors (Lipinski definition) is 5. The molecule has 1 heterocycles. The maximum Gasteiger partial charge on any atom is 0.276 e. The number of benzene rings is 2. The first-order valence-corrected chi connectivity index (χ1v) is 8.05. The third-order valence-corrected chi connectivity index (χ3v) is 3.44. The highest BCUT2D eigenvalue weighted by molar-refractivity contribution is 6.02. The van der Waals surface area contributed by atoms with Crippen LogP contribution in [0.4, 0.5) is 27.3 Å². The lowest BCUT2D eigenvalue weighted by molar-refractivity contribution is -0.114. The molecule has 0 fully saturated rings. The fourth-order valence-corrected chi connectivity index (χ4v) is 2.31. The van der Waals surface area contributed by atoms with Gasteiger partial charge in [0.15, 0.2) is 11.5 Å². The number of carbonyl (C=O) groups excluding carboxylic acids is 2. The Morgan fingerprint density at radius 3 is 2.22 bits per heavy atom. The largest absolute Gasteiger partial charge is 0.339 e. The molecule has 0 saturated carbocycles. The molecule has 136 valence electrons. The Kier molecular flexibility index (Phi) is 5.36. The number of nitrogens with one attached hydrogen (secondary N) is 3. The summed E-state index contributed by atoms with van der Waals surface area (Å²) in [7, 11) is 0. The Balaban J connectivity index is 1.66. The van der Waals surface area contributed by atoms with Crippen LogP contribution in [-0.4, -0.2) is 22.0 Å². The predicted octanol–water partition coefficient (Wildman–Crippen LogP) is 3.57. The second-order valence-corrected chi connectivity index (χ2v) is 5.66. The number of nitrogens with zero attached hydrogens (tertiary/aromatic N) is 2. The van der Waals surface area contributed by atoms with Crippen LogP contribution in [0.15, 0.2) is 60.7 Å². The molecule has 8 heteroatoms. The van der Waals surface area contributed by atoms with Gasteiger partial charge in [-0.2, -0.15) is 0 Å². The zero-order valence-corrected chi connectivity index (χ0v) is 14.4. The summed E-state index contributed by atoms with van der Waals surface area (Å²) in [6.45, 7) is 1.43. The van der Waals surface area contributed by atoms with E-state index in [4.69, 9.17) is 0 Å². The Morgan fingerprint density at radius 1 is 0.852 bits per heavy atom. The number of carbonyl (C=O) groups is 2. The predicted molar refractivity (Wildman–Crippen MR) is 100 cm³/mol. The summed E-state index contributed by atoms with van der Waals surface area (Å²) in [4.78, 5) is 23.3. The minimum Gasteiger partial charge on any atom is -0.339 e. The van der Waals surface area contributed by atoms with Gasteiger partial charge in [0, 0.05) is 24.0 Å². The lowest BCUT2D eigenvalue weighted by atomic mass is 10.2. The molecule has 7 nitrogen and oxygen atoms in total. The number of halogens is 1. The van der Waals surface area contributed by atoms with Gasteiger partial charge < -0.3 is 16.0 Å². The molecule has 0 unspecified atom stereocenters. The zero-order valence-electron chi connectivity index (χ0n) is 14.4. The molecule has 0 aliphatic rings. The zero-order chi connectivity index (χ0) is 19.2. The van der Waals surface area contributed by atoms with Crippen molar-refractivity contribution in [2.75, 3.05) is 16.0 Å². The third-order valence-electron chi connectivity index (χ3n) is 3.44. The third kappa shape index (κ3) is 5.08. The molecule has 3 N–H and O–H groups in total. The minimum atomic E-state index is -0.493. The highest BCUT2D eigenvalue weighted by atomic mass is 19.1. The lowest BCUT2D eigenvalue weighted by Crippen LogP contribution is -2.14. The Hall–Kier alpha value is -3.81. The van der Waals surface area contributed by atoms with Crippen LogP contribution in [0.25, 0.3) is 0 Å². The van der Waals surface area contributed by atoms with Crippen LogP contribution in [0.5, 0.6) is 0 Å². The molecule has 2 aromatic carbocycles. The van der Waals surface area contributed by atoms with Crippen LogP contribution in [0.1, 0.15) is 17.4 Å². The molecule has 1 aromatic heterocycles. The number of amides is 2.